The van der Waals surface area contributed by atoms with Gasteiger partial charge in [0.2, 0.25) is 11.6 Å². The lowest BCUT2D eigenvalue weighted by Gasteiger charge is -2.00. The maximum Gasteiger partial charge on any atom is 0.293 e. The smallest absolute Gasteiger partial charge is 0.293 e. The summed E-state index contributed by atoms with van der Waals surface area (Å²) in [5, 5.41) is 19.4. The Morgan fingerprint density at radius 1 is 1.27 bits per heavy atom. The highest BCUT2D eigenvalue weighted by molar-refractivity contribution is 5.99. The van der Waals surface area contributed by atoms with E-state index < -0.39 is 5.91 Å². The van der Waals surface area contributed by atoms with Crippen molar-refractivity contribution in [1.29, 1.82) is 0 Å². The van der Waals surface area contributed by atoms with Crippen LogP contribution < -0.4 is 11.2 Å². The lowest BCUT2D eigenvalue weighted by atomic mass is 10.1. The summed E-state index contributed by atoms with van der Waals surface area (Å²) in [6, 6.07) is 9.43. The molecule has 3 N–H and O–H groups in total. The van der Waals surface area contributed by atoms with Crippen LogP contribution in [-0.2, 0) is 0 Å². The van der Waals surface area contributed by atoms with Crippen LogP contribution in [0.2, 0.25) is 0 Å². The van der Waals surface area contributed by atoms with Crippen molar-refractivity contribution in [2.24, 2.45) is 5.10 Å². The Bertz CT molecular complexity index is 1110. The number of aromatic nitrogens is 6. The van der Waals surface area contributed by atoms with Crippen molar-refractivity contribution in [2.45, 2.75) is 0 Å². The van der Waals surface area contributed by atoms with E-state index in [0.29, 0.717) is 0 Å². The summed E-state index contributed by atoms with van der Waals surface area (Å²) >= 11 is 0. The van der Waals surface area contributed by atoms with Gasteiger partial charge in [-0.05, 0) is 22.4 Å². The maximum atomic E-state index is 12.1. The Kier molecular flexibility index (Phi) is 3.78. The van der Waals surface area contributed by atoms with Crippen molar-refractivity contribution < 1.29 is 9.42 Å². The number of para-hydroxylation sites is 1. The second-order valence-corrected chi connectivity index (χ2v) is 5.14. The van der Waals surface area contributed by atoms with Gasteiger partial charge in [0.05, 0.1) is 17.9 Å². The fraction of sp³-hybridized carbons (Fsp3) is 0. The van der Waals surface area contributed by atoms with E-state index in [9.17, 15) is 4.79 Å². The van der Waals surface area contributed by atoms with Gasteiger partial charge in [0.15, 0.2) is 5.69 Å². The normalized spacial score (nSPS) is 11.2. The number of pyridine rings is 1. The number of anilines is 1. The largest absolute Gasteiger partial charge is 0.378 e. The number of hydrogen-bond donors (Lipinski definition) is 2. The SMILES string of the molecule is Nc1nonc1-n1cc(C(=O)NN=Cc2ccnc3ccccc23)nn1. The number of benzene rings is 1. The van der Waals surface area contributed by atoms with E-state index in [2.05, 4.69) is 40.8 Å². The number of carbonyl (C=O) groups excluding carboxylic acids is 1. The van der Waals surface area contributed by atoms with Crippen LogP contribution >= 0.6 is 0 Å². The van der Waals surface area contributed by atoms with E-state index in [1.54, 1.807) is 12.3 Å². The molecule has 0 bridgehead atoms. The highest BCUT2D eigenvalue weighted by atomic mass is 16.6. The number of fused-ring (bicyclic) bond motifs is 1. The monoisotopic (exact) mass is 349 g/mol. The molecule has 26 heavy (non-hydrogen) atoms. The van der Waals surface area contributed by atoms with Crippen molar-refractivity contribution >= 4 is 28.8 Å². The Hall–Kier alpha value is -4.15. The number of rotatable bonds is 4. The van der Waals surface area contributed by atoms with E-state index in [4.69, 9.17) is 5.73 Å². The summed E-state index contributed by atoms with van der Waals surface area (Å²) in [5.74, 6) is -0.367. The predicted molar refractivity (Wildman–Crippen MR) is 90.4 cm³/mol. The molecule has 0 saturated heterocycles. The lowest BCUT2D eigenvalue weighted by Crippen LogP contribution is -2.18. The standard InChI is InChI=1S/C15H11N9O2/c16-13-14(22-26-21-13)24-8-12(19-23-24)15(25)20-18-7-9-5-6-17-11-4-2-1-3-10(9)11/h1-8H,(H2,16,21)(H,20,25). The van der Waals surface area contributed by atoms with Gasteiger partial charge in [0.25, 0.3) is 5.91 Å². The molecule has 3 heterocycles. The highest BCUT2D eigenvalue weighted by Gasteiger charge is 2.15. The van der Waals surface area contributed by atoms with Crippen LogP contribution in [0.25, 0.3) is 16.7 Å². The molecule has 1 amide bonds. The average molecular weight is 349 g/mol. The topological polar surface area (TPSA) is 150 Å². The minimum Gasteiger partial charge on any atom is -0.378 e. The molecular weight excluding hydrogens is 338 g/mol. The molecule has 128 valence electrons. The van der Waals surface area contributed by atoms with E-state index in [1.165, 1.54) is 17.1 Å². The van der Waals surface area contributed by atoms with Crippen molar-refractivity contribution in [3.8, 4) is 5.82 Å². The number of carbonyl (C=O) groups is 1. The second-order valence-electron chi connectivity index (χ2n) is 5.14. The number of nitrogen functional groups attached to an aromatic ring is 1. The molecule has 0 unspecified atom stereocenters. The maximum absolute atomic E-state index is 12.1. The summed E-state index contributed by atoms with van der Waals surface area (Å²) < 4.78 is 5.66. The van der Waals surface area contributed by atoms with E-state index in [1.807, 2.05) is 24.3 Å². The zero-order chi connectivity index (χ0) is 17.9. The Labute approximate surface area is 145 Å². The summed E-state index contributed by atoms with van der Waals surface area (Å²) in [6.45, 7) is 0. The fourth-order valence-corrected chi connectivity index (χ4v) is 2.27. The van der Waals surface area contributed by atoms with Gasteiger partial charge in [-0.25, -0.2) is 10.1 Å². The van der Waals surface area contributed by atoms with Gasteiger partial charge in [-0.3, -0.25) is 9.78 Å². The zero-order valence-electron chi connectivity index (χ0n) is 13.1. The molecular formula is C15H11N9O2. The molecule has 0 aliphatic heterocycles. The van der Waals surface area contributed by atoms with Crippen molar-refractivity contribution in [2.75, 3.05) is 5.73 Å². The summed E-state index contributed by atoms with van der Waals surface area (Å²) in [5.41, 5.74) is 9.64. The van der Waals surface area contributed by atoms with Gasteiger partial charge in [-0.15, -0.1) is 5.10 Å². The third-order valence-corrected chi connectivity index (χ3v) is 3.49. The van der Waals surface area contributed by atoms with Crippen LogP contribution in [0, 0.1) is 0 Å². The summed E-state index contributed by atoms with van der Waals surface area (Å²) in [7, 11) is 0. The molecule has 4 aromatic rings. The summed E-state index contributed by atoms with van der Waals surface area (Å²) in [4.78, 5) is 16.4. The van der Waals surface area contributed by atoms with Crippen LogP contribution in [-0.4, -0.2) is 42.4 Å². The molecule has 0 saturated carbocycles. The van der Waals surface area contributed by atoms with Crippen molar-refractivity contribution in [3.05, 3.63) is 54.0 Å². The molecule has 0 aliphatic carbocycles. The number of amides is 1. The van der Waals surface area contributed by atoms with Gasteiger partial charge in [-0.2, -0.15) is 9.78 Å². The van der Waals surface area contributed by atoms with E-state index >= 15 is 0 Å². The number of nitrogens with zero attached hydrogens (tertiary/aromatic N) is 7. The first kappa shape index (κ1) is 15.4. The van der Waals surface area contributed by atoms with Gasteiger partial charge in [0, 0.05) is 17.1 Å². The third-order valence-electron chi connectivity index (χ3n) is 3.49. The molecule has 0 radical (unpaired) electrons. The summed E-state index contributed by atoms with van der Waals surface area (Å²) in [6.07, 6.45) is 4.54. The van der Waals surface area contributed by atoms with Gasteiger partial charge < -0.3 is 5.73 Å². The van der Waals surface area contributed by atoms with Crippen molar-refractivity contribution in [1.82, 2.24) is 35.7 Å². The Morgan fingerprint density at radius 2 is 2.15 bits per heavy atom. The molecule has 1 aromatic carbocycles. The molecule has 0 atom stereocenters. The number of hydrazone groups is 1. The second kappa shape index (κ2) is 6.39. The Balaban J connectivity index is 1.49. The quantitative estimate of drug-likeness (QED) is 0.400. The van der Waals surface area contributed by atoms with E-state index in [-0.39, 0.29) is 17.3 Å². The van der Waals surface area contributed by atoms with Crippen LogP contribution in [0.15, 0.2) is 52.5 Å². The average Bonchev–Trinajstić information content (AvgIpc) is 3.30. The third kappa shape index (κ3) is 2.84. The van der Waals surface area contributed by atoms with Gasteiger partial charge in [-0.1, -0.05) is 23.4 Å². The first-order valence-electron chi connectivity index (χ1n) is 7.40. The van der Waals surface area contributed by atoms with Crippen LogP contribution in [0.5, 0.6) is 0 Å². The minimum absolute atomic E-state index is 0.0316. The van der Waals surface area contributed by atoms with E-state index in [0.717, 1.165) is 16.5 Å². The number of hydrogen-bond acceptors (Lipinski definition) is 9. The van der Waals surface area contributed by atoms with Crippen LogP contribution in [0.3, 0.4) is 0 Å². The van der Waals surface area contributed by atoms with Gasteiger partial charge in [0.1, 0.15) is 0 Å². The molecule has 3 aromatic heterocycles. The molecule has 0 spiro atoms. The first-order chi connectivity index (χ1) is 12.7. The minimum atomic E-state index is -0.541. The van der Waals surface area contributed by atoms with Crippen LogP contribution in [0.4, 0.5) is 5.82 Å². The number of nitrogens with two attached hydrogens (primary N) is 1. The first-order valence-corrected chi connectivity index (χ1v) is 7.40. The lowest BCUT2D eigenvalue weighted by molar-refractivity contribution is 0.0950. The highest BCUT2D eigenvalue weighted by Crippen LogP contribution is 2.14. The van der Waals surface area contributed by atoms with Gasteiger partial charge >= 0.3 is 0 Å². The van der Waals surface area contributed by atoms with Crippen LogP contribution in [0.1, 0.15) is 16.1 Å². The molecule has 0 fully saturated rings. The predicted octanol–water partition coefficient (Wildman–Crippen LogP) is 0.545. The Morgan fingerprint density at radius 3 is 3.00 bits per heavy atom. The number of nitrogens with one attached hydrogen (secondary N) is 1. The molecule has 4 rings (SSSR count). The molecule has 11 heteroatoms. The molecule has 0 aliphatic rings. The molecule has 11 nitrogen and oxygen atoms in total. The fourth-order valence-electron chi connectivity index (χ4n) is 2.27. The zero-order valence-corrected chi connectivity index (χ0v) is 13.1. The van der Waals surface area contributed by atoms with Crippen molar-refractivity contribution in [3.63, 3.8) is 0 Å².